The number of phenols is 1. The monoisotopic (exact) mass is 325 g/mol. The second-order valence-electron chi connectivity index (χ2n) is 5.07. The second-order valence-corrected chi connectivity index (χ2v) is 5.07. The highest BCUT2D eigenvalue weighted by Gasteiger charge is 2.42. The maximum atomic E-state index is 9.31. The number of phenolic OH excluding ortho intramolecular Hbond substituents is 1. The molecule has 0 bridgehead atoms. The molecule has 2 aromatic rings. The molecule has 1 unspecified atom stereocenters. The number of rotatable bonds is 1. The van der Waals surface area contributed by atoms with Gasteiger partial charge in [-0.05, 0) is 12.1 Å². The van der Waals surface area contributed by atoms with Gasteiger partial charge in [-0.15, -0.1) is 0 Å². The minimum atomic E-state index is -1.57. The molecule has 6 N–H and O–H groups in total. The van der Waals surface area contributed by atoms with Crippen LogP contribution in [0.3, 0.4) is 0 Å². The van der Waals surface area contributed by atoms with E-state index in [1.165, 1.54) is 0 Å². The van der Waals surface area contributed by atoms with Crippen molar-refractivity contribution in [2.75, 3.05) is 6.61 Å². The van der Waals surface area contributed by atoms with E-state index in [1.54, 1.807) is 18.3 Å². The first-order valence-corrected chi connectivity index (χ1v) is 6.97. The van der Waals surface area contributed by atoms with Gasteiger partial charge in [0.05, 0.1) is 6.61 Å². The summed E-state index contributed by atoms with van der Waals surface area (Å²) in [5.74, 6) is 0.239. The Morgan fingerprint density at radius 3 is 2.30 bits per heavy atom. The summed E-state index contributed by atoms with van der Waals surface area (Å²) in [7, 11) is 0. The second kappa shape index (κ2) is 7.64. The van der Waals surface area contributed by atoms with Gasteiger partial charge in [-0.2, -0.15) is 0 Å². The summed E-state index contributed by atoms with van der Waals surface area (Å²) in [5.41, 5.74) is 0.662. The highest BCUT2D eigenvalue weighted by molar-refractivity contribution is 5.83. The molecule has 2 heterocycles. The van der Waals surface area contributed by atoms with E-state index in [-0.39, 0.29) is 5.75 Å². The van der Waals surface area contributed by atoms with Gasteiger partial charge in [-0.25, -0.2) is 0 Å². The Morgan fingerprint density at radius 1 is 0.957 bits per heavy atom. The first-order valence-electron chi connectivity index (χ1n) is 6.97. The Balaban J connectivity index is 0.000000167. The van der Waals surface area contributed by atoms with Gasteiger partial charge in [-0.1, -0.05) is 18.2 Å². The molecule has 8 heteroatoms. The lowest BCUT2D eigenvalue weighted by atomic mass is 10.00. The molecular formula is C15H19NO7. The summed E-state index contributed by atoms with van der Waals surface area (Å²) >= 11 is 0. The first-order chi connectivity index (χ1) is 11.0. The average molecular weight is 325 g/mol. The van der Waals surface area contributed by atoms with Crippen molar-refractivity contribution in [3.05, 3.63) is 36.5 Å². The minimum Gasteiger partial charge on any atom is -0.506 e. The number of aliphatic hydroxyl groups is 5. The van der Waals surface area contributed by atoms with E-state index in [1.807, 2.05) is 18.2 Å². The van der Waals surface area contributed by atoms with Gasteiger partial charge < -0.3 is 35.4 Å². The third kappa shape index (κ3) is 3.94. The van der Waals surface area contributed by atoms with E-state index in [9.17, 15) is 5.11 Å². The fraction of sp³-hybridized carbons (Fsp3) is 0.400. The molecule has 0 radical (unpaired) electrons. The van der Waals surface area contributed by atoms with Crippen LogP contribution in [-0.2, 0) is 4.74 Å². The Hall–Kier alpha value is -1.81. The molecule has 1 aliphatic rings. The first kappa shape index (κ1) is 17.5. The smallest absolute Gasteiger partial charge is 0.184 e. The van der Waals surface area contributed by atoms with Crippen LogP contribution in [0.15, 0.2) is 36.5 Å². The molecule has 1 aliphatic heterocycles. The van der Waals surface area contributed by atoms with Crippen molar-refractivity contribution >= 4 is 10.9 Å². The van der Waals surface area contributed by atoms with Crippen LogP contribution in [0.25, 0.3) is 10.9 Å². The highest BCUT2D eigenvalue weighted by atomic mass is 16.6. The molecular weight excluding hydrogens is 306 g/mol. The maximum absolute atomic E-state index is 9.31. The van der Waals surface area contributed by atoms with E-state index in [4.69, 9.17) is 25.5 Å². The molecule has 1 aromatic carbocycles. The quantitative estimate of drug-likeness (QED) is 0.380. The lowest BCUT2D eigenvalue weighted by Crippen LogP contribution is -2.58. The van der Waals surface area contributed by atoms with Gasteiger partial charge in [0.2, 0.25) is 0 Å². The Morgan fingerprint density at radius 2 is 1.65 bits per heavy atom. The van der Waals surface area contributed by atoms with Crippen molar-refractivity contribution in [2.45, 2.75) is 30.7 Å². The van der Waals surface area contributed by atoms with Gasteiger partial charge in [0.1, 0.15) is 35.7 Å². The normalized spacial score (nSPS) is 30.6. The molecule has 0 aliphatic carbocycles. The van der Waals surface area contributed by atoms with Gasteiger partial charge in [0.25, 0.3) is 0 Å². The SMILES string of the molecule is OC[C@H]1OC(O)[C@H](O)[C@@H](O)[C@@H]1O.Oc1cccc2cccnc12. The zero-order valence-electron chi connectivity index (χ0n) is 12.1. The van der Waals surface area contributed by atoms with Crippen molar-refractivity contribution in [3.8, 4) is 5.75 Å². The summed E-state index contributed by atoms with van der Waals surface area (Å²) < 4.78 is 4.58. The number of fused-ring (bicyclic) bond motifs is 1. The molecule has 0 saturated carbocycles. The van der Waals surface area contributed by atoms with E-state index in [0.717, 1.165) is 5.39 Å². The highest BCUT2D eigenvalue weighted by Crippen LogP contribution is 2.20. The molecule has 8 nitrogen and oxygen atoms in total. The number of benzene rings is 1. The number of aromatic hydroxyl groups is 1. The van der Waals surface area contributed by atoms with Crippen molar-refractivity contribution in [1.29, 1.82) is 0 Å². The number of nitrogens with zero attached hydrogens (tertiary/aromatic N) is 1. The van der Waals surface area contributed by atoms with Crippen LogP contribution < -0.4 is 0 Å². The zero-order chi connectivity index (χ0) is 17.0. The average Bonchev–Trinajstić information content (AvgIpc) is 2.57. The Kier molecular flexibility index (Phi) is 5.83. The summed E-state index contributed by atoms with van der Waals surface area (Å²) in [6.45, 7) is -0.526. The predicted octanol–water partition coefficient (Wildman–Crippen LogP) is -1.28. The molecule has 1 aromatic heterocycles. The Labute approximate surface area is 131 Å². The van der Waals surface area contributed by atoms with E-state index in [0.29, 0.717) is 5.52 Å². The Bertz CT molecular complexity index is 628. The number of pyridine rings is 1. The summed E-state index contributed by atoms with van der Waals surface area (Å²) in [4.78, 5) is 4.03. The molecule has 23 heavy (non-hydrogen) atoms. The van der Waals surface area contributed by atoms with Crippen LogP contribution in [0.2, 0.25) is 0 Å². The lowest BCUT2D eigenvalue weighted by molar-refractivity contribution is -0.286. The van der Waals surface area contributed by atoms with E-state index in [2.05, 4.69) is 9.72 Å². The van der Waals surface area contributed by atoms with Gasteiger partial charge in [0, 0.05) is 11.6 Å². The van der Waals surface area contributed by atoms with Crippen molar-refractivity contribution in [3.63, 3.8) is 0 Å². The third-order valence-corrected chi connectivity index (χ3v) is 3.48. The minimum absolute atomic E-state index is 0.239. The number of para-hydroxylation sites is 1. The van der Waals surface area contributed by atoms with E-state index < -0.39 is 37.3 Å². The fourth-order valence-electron chi connectivity index (χ4n) is 2.17. The van der Waals surface area contributed by atoms with Crippen LogP contribution >= 0.6 is 0 Å². The topological polar surface area (TPSA) is 144 Å². The van der Waals surface area contributed by atoms with Crippen LogP contribution in [0.1, 0.15) is 0 Å². The number of aromatic nitrogens is 1. The summed E-state index contributed by atoms with van der Waals surface area (Å²) in [6.07, 6.45) is -5.37. The number of hydrogen-bond donors (Lipinski definition) is 6. The molecule has 0 spiro atoms. The van der Waals surface area contributed by atoms with Crippen molar-refractivity contribution < 1.29 is 35.4 Å². The molecule has 1 saturated heterocycles. The number of ether oxygens (including phenoxy) is 1. The summed E-state index contributed by atoms with van der Waals surface area (Å²) in [5, 5.41) is 54.9. The predicted molar refractivity (Wildman–Crippen MR) is 79.4 cm³/mol. The molecule has 3 rings (SSSR count). The number of aliphatic hydroxyl groups excluding tert-OH is 5. The van der Waals surface area contributed by atoms with Gasteiger partial charge in [-0.3, -0.25) is 4.98 Å². The van der Waals surface area contributed by atoms with E-state index >= 15 is 0 Å². The third-order valence-electron chi connectivity index (χ3n) is 3.48. The van der Waals surface area contributed by atoms with Crippen molar-refractivity contribution in [1.82, 2.24) is 4.98 Å². The summed E-state index contributed by atoms with van der Waals surface area (Å²) in [6, 6.07) is 9.13. The van der Waals surface area contributed by atoms with Crippen LogP contribution in [0, 0.1) is 0 Å². The van der Waals surface area contributed by atoms with Gasteiger partial charge >= 0.3 is 0 Å². The largest absolute Gasteiger partial charge is 0.506 e. The fourth-order valence-corrected chi connectivity index (χ4v) is 2.17. The van der Waals surface area contributed by atoms with Crippen LogP contribution in [0.5, 0.6) is 5.75 Å². The standard InChI is InChI=1S/C9H7NO.C6H12O6/c11-8-5-1-3-7-4-2-6-10-9(7)8;7-1-2-3(8)4(9)5(10)6(11)12-2/h1-6,11H;2-11H,1H2/t;2-,3-,4+,5-,6?/m.1/s1. The molecule has 1 fully saturated rings. The lowest BCUT2D eigenvalue weighted by Gasteiger charge is -2.37. The van der Waals surface area contributed by atoms with Gasteiger partial charge in [0.15, 0.2) is 6.29 Å². The van der Waals surface area contributed by atoms with Crippen molar-refractivity contribution in [2.24, 2.45) is 0 Å². The van der Waals surface area contributed by atoms with Crippen LogP contribution in [-0.4, -0.2) is 72.9 Å². The number of hydrogen-bond acceptors (Lipinski definition) is 8. The molecule has 0 amide bonds. The maximum Gasteiger partial charge on any atom is 0.184 e. The molecule has 5 atom stereocenters. The zero-order valence-corrected chi connectivity index (χ0v) is 12.1. The molecule has 126 valence electrons. The van der Waals surface area contributed by atoms with Crippen LogP contribution in [0.4, 0.5) is 0 Å².